The molecule has 0 saturated carbocycles. The molecule has 0 radical (unpaired) electrons. The lowest BCUT2D eigenvalue weighted by atomic mass is 10.1. The van der Waals surface area contributed by atoms with E-state index in [9.17, 15) is 9.18 Å². The molecule has 25 heavy (non-hydrogen) atoms. The average molecular weight is 344 g/mol. The van der Waals surface area contributed by atoms with Gasteiger partial charge in [0.05, 0.1) is 26.9 Å². The summed E-state index contributed by atoms with van der Waals surface area (Å²) in [5, 5.41) is 0.820. The third-order valence-electron chi connectivity index (χ3n) is 3.83. The van der Waals surface area contributed by atoms with Crippen molar-refractivity contribution in [1.82, 2.24) is 0 Å². The summed E-state index contributed by atoms with van der Waals surface area (Å²) in [5.41, 5.74) is 1.82. The van der Waals surface area contributed by atoms with Gasteiger partial charge in [0.2, 0.25) is 0 Å². The number of carbonyl (C=O) groups is 1. The maximum absolute atomic E-state index is 13.3. The second kappa shape index (κ2) is 7.25. The predicted molar refractivity (Wildman–Crippen MR) is 89.2 cm³/mol. The van der Waals surface area contributed by atoms with E-state index in [1.807, 2.05) is 6.07 Å². The minimum Gasteiger partial charge on any atom is -0.497 e. The Morgan fingerprint density at radius 2 is 1.92 bits per heavy atom. The minimum atomic E-state index is -0.440. The highest BCUT2D eigenvalue weighted by atomic mass is 19.1. The lowest BCUT2D eigenvalue weighted by Crippen LogP contribution is -2.08. The van der Waals surface area contributed by atoms with Crippen LogP contribution in [0.3, 0.4) is 0 Å². The van der Waals surface area contributed by atoms with Gasteiger partial charge >= 0.3 is 5.97 Å². The van der Waals surface area contributed by atoms with E-state index >= 15 is 0 Å². The first kappa shape index (κ1) is 16.8. The molecule has 0 aliphatic carbocycles. The number of methoxy groups -OCH3 is 2. The van der Waals surface area contributed by atoms with Gasteiger partial charge in [-0.3, -0.25) is 4.79 Å². The lowest BCUT2D eigenvalue weighted by molar-refractivity contribution is -0.144. The number of hydrogen-bond donors (Lipinski definition) is 0. The van der Waals surface area contributed by atoms with Crippen molar-refractivity contribution in [2.75, 3.05) is 14.2 Å². The van der Waals surface area contributed by atoms with Crippen molar-refractivity contribution in [3.8, 4) is 11.5 Å². The number of carbonyl (C=O) groups excluding carboxylic acids is 1. The molecule has 0 amide bonds. The van der Waals surface area contributed by atoms with E-state index in [1.54, 1.807) is 19.2 Å². The van der Waals surface area contributed by atoms with Crippen LogP contribution in [0.4, 0.5) is 4.39 Å². The molecule has 3 aromatic rings. The predicted octanol–water partition coefficient (Wildman–Crippen LogP) is 3.88. The summed E-state index contributed by atoms with van der Waals surface area (Å²) >= 11 is 0. The van der Waals surface area contributed by atoms with E-state index in [0.717, 1.165) is 5.39 Å². The number of halogens is 1. The van der Waals surface area contributed by atoms with Gasteiger partial charge in [-0.15, -0.1) is 0 Å². The summed E-state index contributed by atoms with van der Waals surface area (Å²) < 4.78 is 34.3. The topological polar surface area (TPSA) is 57.9 Å². The summed E-state index contributed by atoms with van der Waals surface area (Å²) in [6, 6.07) is 9.44. The summed E-state index contributed by atoms with van der Waals surface area (Å²) in [5.74, 6) is 0.288. The summed E-state index contributed by atoms with van der Waals surface area (Å²) in [4.78, 5) is 12.1. The molecule has 3 rings (SSSR count). The van der Waals surface area contributed by atoms with Crippen LogP contribution in [0, 0.1) is 5.82 Å². The minimum absolute atomic E-state index is 0.0525. The van der Waals surface area contributed by atoms with Crippen molar-refractivity contribution >= 4 is 16.9 Å². The smallest absolute Gasteiger partial charge is 0.310 e. The molecule has 0 aliphatic rings. The van der Waals surface area contributed by atoms with Gasteiger partial charge in [-0.2, -0.15) is 0 Å². The molecule has 0 spiro atoms. The molecule has 0 saturated heterocycles. The van der Waals surface area contributed by atoms with Crippen LogP contribution in [0.2, 0.25) is 0 Å². The molecular weight excluding hydrogens is 327 g/mol. The second-order valence-electron chi connectivity index (χ2n) is 5.42. The van der Waals surface area contributed by atoms with Gasteiger partial charge in [0, 0.05) is 22.6 Å². The molecule has 1 aromatic heterocycles. The first-order valence-corrected chi connectivity index (χ1v) is 7.63. The van der Waals surface area contributed by atoms with Crippen molar-refractivity contribution in [2.45, 2.75) is 13.0 Å². The molecule has 0 fully saturated rings. The van der Waals surface area contributed by atoms with Crippen LogP contribution >= 0.6 is 0 Å². The van der Waals surface area contributed by atoms with E-state index in [2.05, 4.69) is 0 Å². The Morgan fingerprint density at radius 1 is 1.08 bits per heavy atom. The molecule has 0 N–H and O–H groups in total. The first-order chi connectivity index (χ1) is 12.1. The molecule has 0 unspecified atom stereocenters. The van der Waals surface area contributed by atoms with Gasteiger partial charge in [-0.25, -0.2) is 4.39 Å². The fourth-order valence-corrected chi connectivity index (χ4v) is 2.55. The molecule has 5 nitrogen and oxygen atoms in total. The van der Waals surface area contributed by atoms with E-state index in [0.29, 0.717) is 28.2 Å². The number of ether oxygens (including phenoxy) is 3. The summed E-state index contributed by atoms with van der Waals surface area (Å²) in [6.45, 7) is -0.0661. The third-order valence-corrected chi connectivity index (χ3v) is 3.83. The number of furan rings is 1. The molecule has 1 heterocycles. The Labute approximate surface area is 143 Å². The average Bonchev–Trinajstić information content (AvgIpc) is 3.02. The Morgan fingerprint density at radius 3 is 2.68 bits per heavy atom. The van der Waals surface area contributed by atoms with Gasteiger partial charge < -0.3 is 18.6 Å². The summed E-state index contributed by atoms with van der Waals surface area (Å²) in [6.07, 6.45) is 1.57. The molecule has 6 heteroatoms. The fourth-order valence-electron chi connectivity index (χ4n) is 2.55. The zero-order chi connectivity index (χ0) is 17.8. The molecule has 0 bridgehead atoms. The van der Waals surface area contributed by atoms with Crippen LogP contribution in [-0.4, -0.2) is 20.2 Å². The van der Waals surface area contributed by atoms with Crippen molar-refractivity contribution in [1.29, 1.82) is 0 Å². The van der Waals surface area contributed by atoms with E-state index < -0.39 is 11.8 Å². The van der Waals surface area contributed by atoms with Crippen LogP contribution in [0.25, 0.3) is 11.0 Å². The standard InChI is InChI=1S/C19H17FO5/c1-22-15-4-5-16-12(10-24-18(16)9-15)8-19(21)25-11-13-7-14(20)3-6-17(13)23-2/h3-7,9-10H,8,11H2,1-2H3. The van der Waals surface area contributed by atoms with E-state index in [1.165, 1.54) is 31.6 Å². The van der Waals surface area contributed by atoms with E-state index in [4.69, 9.17) is 18.6 Å². The van der Waals surface area contributed by atoms with Crippen LogP contribution < -0.4 is 9.47 Å². The second-order valence-corrected chi connectivity index (χ2v) is 5.42. The highest BCUT2D eigenvalue weighted by molar-refractivity contribution is 5.86. The van der Waals surface area contributed by atoms with Crippen LogP contribution in [0.1, 0.15) is 11.1 Å². The maximum Gasteiger partial charge on any atom is 0.310 e. The van der Waals surface area contributed by atoms with Gasteiger partial charge in [-0.1, -0.05) is 0 Å². The lowest BCUT2D eigenvalue weighted by Gasteiger charge is -2.09. The zero-order valence-electron chi connectivity index (χ0n) is 13.9. The summed E-state index contributed by atoms with van der Waals surface area (Å²) in [7, 11) is 3.05. The van der Waals surface area contributed by atoms with Gasteiger partial charge in [-0.05, 0) is 30.3 Å². The molecule has 0 atom stereocenters. The van der Waals surface area contributed by atoms with Crippen LogP contribution in [0.5, 0.6) is 11.5 Å². The Kier molecular flexibility index (Phi) is 4.88. The number of rotatable bonds is 6. The zero-order valence-corrected chi connectivity index (χ0v) is 13.9. The quantitative estimate of drug-likeness (QED) is 0.635. The van der Waals surface area contributed by atoms with Crippen LogP contribution in [0.15, 0.2) is 47.1 Å². The van der Waals surface area contributed by atoms with E-state index in [-0.39, 0.29) is 13.0 Å². The number of esters is 1. The number of fused-ring (bicyclic) bond motifs is 1. The number of hydrogen-bond acceptors (Lipinski definition) is 5. The van der Waals surface area contributed by atoms with Gasteiger partial charge in [0.15, 0.2) is 0 Å². The normalized spacial score (nSPS) is 10.7. The molecule has 2 aromatic carbocycles. The van der Waals surface area contributed by atoms with Crippen molar-refractivity contribution < 1.29 is 27.8 Å². The van der Waals surface area contributed by atoms with Crippen molar-refractivity contribution in [3.05, 3.63) is 59.6 Å². The third kappa shape index (κ3) is 3.74. The van der Waals surface area contributed by atoms with Gasteiger partial charge in [0.25, 0.3) is 0 Å². The van der Waals surface area contributed by atoms with Crippen molar-refractivity contribution in [2.24, 2.45) is 0 Å². The monoisotopic (exact) mass is 344 g/mol. The van der Waals surface area contributed by atoms with Crippen molar-refractivity contribution in [3.63, 3.8) is 0 Å². The molecule has 130 valence electrons. The highest BCUT2D eigenvalue weighted by Gasteiger charge is 2.13. The Balaban J connectivity index is 1.68. The number of benzene rings is 2. The maximum atomic E-state index is 13.3. The van der Waals surface area contributed by atoms with Crippen LogP contribution in [-0.2, 0) is 22.6 Å². The SMILES string of the molecule is COc1ccc2c(CC(=O)OCc3cc(F)ccc3OC)coc2c1. The molecular formula is C19H17FO5. The first-order valence-electron chi connectivity index (χ1n) is 7.63. The Hall–Kier alpha value is -3.02. The van der Waals surface area contributed by atoms with Gasteiger partial charge in [0.1, 0.15) is 29.5 Å². The Bertz CT molecular complexity index is 900. The largest absolute Gasteiger partial charge is 0.497 e. The highest BCUT2D eigenvalue weighted by Crippen LogP contribution is 2.26. The molecule has 0 aliphatic heterocycles. The fraction of sp³-hybridized carbons (Fsp3) is 0.211.